The summed E-state index contributed by atoms with van der Waals surface area (Å²) < 4.78 is 5.16. The topological polar surface area (TPSA) is 61.8 Å². The molecule has 0 aromatic heterocycles. The zero-order chi connectivity index (χ0) is 15.8. The van der Waals surface area contributed by atoms with Gasteiger partial charge in [0.2, 0.25) is 5.91 Å². The number of hydrogen-bond donors (Lipinski definition) is 2. The predicted molar refractivity (Wildman–Crippen MR) is 85.5 cm³/mol. The van der Waals surface area contributed by atoms with E-state index in [4.69, 9.17) is 4.74 Å². The van der Waals surface area contributed by atoms with Gasteiger partial charge in [-0.15, -0.1) is 0 Å². The number of β-amino-alcohol motifs (C(OH)–C–C–N with tert-alkyl or cyclic N) is 1. The van der Waals surface area contributed by atoms with Crippen LogP contribution in [0.25, 0.3) is 0 Å². The van der Waals surface area contributed by atoms with Gasteiger partial charge in [0, 0.05) is 32.8 Å². The molecule has 1 heterocycles. The lowest BCUT2D eigenvalue weighted by atomic mass is 10.00. The average molecular weight is 306 g/mol. The fourth-order valence-corrected chi connectivity index (χ4v) is 2.66. The quantitative estimate of drug-likeness (QED) is 0.702. The average Bonchev–Trinajstić information content (AvgIpc) is 2.53. The van der Waals surface area contributed by atoms with E-state index in [2.05, 4.69) is 34.5 Å². The summed E-state index contributed by atoms with van der Waals surface area (Å²) in [6, 6.07) is 8.43. The molecule has 1 aliphatic heterocycles. The van der Waals surface area contributed by atoms with Crippen molar-refractivity contribution in [1.29, 1.82) is 0 Å². The van der Waals surface area contributed by atoms with Crippen LogP contribution in [0.4, 0.5) is 0 Å². The molecule has 1 aliphatic rings. The number of aliphatic hydroxyl groups is 1. The Hall–Kier alpha value is -1.43. The van der Waals surface area contributed by atoms with Crippen LogP contribution in [0.1, 0.15) is 24.5 Å². The largest absolute Gasteiger partial charge is 0.390 e. The van der Waals surface area contributed by atoms with Gasteiger partial charge in [0.05, 0.1) is 6.10 Å². The molecule has 5 heteroatoms. The second kappa shape index (κ2) is 8.88. The van der Waals surface area contributed by atoms with Crippen LogP contribution in [0, 0.1) is 0 Å². The normalized spacial score (nSPS) is 16.1. The Morgan fingerprint density at radius 2 is 2.18 bits per heavy atom. The summed E-state index contributed by atoms with van der Waals surface area (Å²) in [5.74, 6) is -0.170. The molecule has 0 aliphatic carbocycles. The molecule has 1 amide bonds. The molecule has 0 fully saturated rings. The number of hydrogen-bond acceptors (Lipinski definition) is 4. The Kier molecular flexibility index (Phi) is 6.83. The molecule has 2 rings (SSSR count). The van der Waals surface area contributed by atoms with Gasteiger partial charge < -0.3 is 15.2 Å². The zero-order valence-corrected chi connectivity index (χ0v) is 13.3. The molecule has 1 aromatic rings. The van der Waals surface area contributed by atoms with E-state index in [1.807, 2.05) is 6.92 Å². The monoisotopic (exact) mass is 306 g/mol. The van der Waals surface area contributed by atoms with Crippen molar-refractivity contribution < 1.29 is 14.6 Å². The lowest BCUT2D eigenvalue weighted by molar-refractivity contribution is -0.126. The molecule has 22 heavy (non-hydrogen) atoms. The first kappa shape index (κ1) is 16.9. The number of rotatable bonds is 8. The zero-order valence-electron chi connectivity index (χ0n) is 13.3. The van der Waals surface area contributed by atoms with Gasteiger partial charge in [-0.05, 0) is 24.0 Å². The van der Waals surface area contributed by atoms with Crippen molar-refractivity contribution in [2.24, 2.45) is 0 Å². The molecular weight excluding hydrogens is 280 g/mol. The fraction of sp³-hybridized carbons (Fsp3) is 0.588. The van der Waals surface area contributed by atoms with Crippen LogP contribution < -0.4 is 5.32 Å². The highest BCUT2D eigenvalue weighted by Crippen LogP contribution is 2.18. The maximum Gasteiger partial charge on any atom is 0.246 e. The number of carbonyl (C=O) groups excluding carboxylic acids is 1. The van der Waals surface area contributed by atoms with E-state index >= 15 is 0 Å². The second-order valence-electron chi connectivity index (χ2n) is 5.76. The van der Waals surface area contributed by atoms with Crippen LogP contribution in [0.15, 0.2) is 24.3 Å². The van der Waals surface area contributed by atoms with E-state index in [0.717, 1.165) is 25.9 Å². The molecule has 2 N–H and O–H groups in total. The van der Waals surface area contributed by atoms with Gasteiger partial charge in [0.15, 0.2) is 0 Å². The number of fused-ring (bicyclic) bond motifs is 1. The van der Waals surface area contributed by atoms with Crippen molar-refractivity contribution in [3.05, 3.63) is 35.4 Å². The molecule has 122 valence electrons. The van der Waals surface area contributed by atoms with Crippen molar-refractivity contribution in [2.45, 2.75) is 32.4 Å². The molecule has 0 saturated carbocycles. The smallest absolute Gasteiger partial charge is 0.246 e. The van der Waals surface area contributed by atoms with Crippen molar-refractivity contribution in [3.63, 3.8) is 0 Å². The number of amides is 1. The van der Waals surface area contributed by atoms with Crippen LogP contribution in [0.2, 0.25) is 0 Å². The minimum Gasteiger partial charge on any atom is -0.390 e. The molecule has 1 aromatic carbocycles. The van der Waals surface area contributed by atoms with E-state index in [1.165, 1.54) is 11.1 Å². The Labute approximate surface area is 132 Å². The molecule has 0 bridgehead atoms. The summed E-state index contributed by atoms with van der Waals surface area (Å²) in [5, 5.41) is 12.8. The van der Waals surface area contributed by atoms with Crippen molar-refractivity contribution >= 4 is 5.91 Å². The van der Waals surface area contributed by atoms with Crippen molar-refractivity contribution in [1.82, 2.24) is 10.2 Å². The molecule has 5 nitrogen and oxygen atoms in total. The predicted octanol–water partition coefficient (Wildman–Crippen LogP) is 0.948. The first-order chi connectivity index (χ1) is 10.7. The lowest BCUT2D eigenvalue weighted by Crippen LogP contribution is -2.42. The van der Waals surface area contributed by atoms with Crippen LogP contribution in [-0.2, 0) is 22.5 Å². The summed E-state index contributed by atoms with van der Waals surface area (Å²) in [6.45, 7) is 5.30. The van der Waals surface area contributed by atoms with Gasteiger partial charge in [-0.25, -0.2) is 0 Å². The number of aliphatic hydroxyl groups excluding tert-OH is 1. The number of nitrogens with one attached hydrogen (secondary N) is 1. The van der Waals surface area contributed by atoms with Gasteiger partial charge in [-0.1, -0.05) is 31.2 Å². The van der Waals surface area contributed by atoms with Crippen LogP contribution in [-0.4, -0.2) is 54.9 Å². The minimum atomic E-state index is -0.555. The molecular formula is C17H26N2O3. The van der Waals surface area contributed by atoms with Crippen molar-refractivity contribution in [3.8, 4) is 0 Å². The van der Waals surface area contributed by atoms with E-state index in [-0.39, 0.29) is 19.1 Å². The fourth-order valence-electron chi connectivity index (χ4n) is 2.66. The number of ether oxygens (including phenoxy) is 1. The van der Waals surface area contributed by atoms with Gasteiger partial charge in [-0.3, -0.25) is 9.69 Å². The number of nitrogens with zero attached hydrogens (tertiary/aromatic N) is 1. The summed E-state index contributed by atoms with van der Waals surface area (Å²) >= 11 is 0. The van der Waals surface area contributed by atoms with Crippen LogP contribution in [0.3, 0.4) is 0 Å². The van der Waals surface area contributed by atoms with Crippen LogP contribution in [0.5, 0.6) is 0 Å². The van der Waals surface area contributed by atoms with Gasteiger partial charge in [0.1, 0.15) is 6.61 Å². The second-order valence-corrected chi connectivity index (χ2v) is 5.76. The number of benzene rings is 1. The van der Waals surface area contributed by atoms with Gasteiger partial charge in [0.25, 0.3) is 0 Å². The highest BCUT2D eigenvalue weighted by Gasteiger charge is 2.18. The highest BCUT2D eigenvalue weighted by atomic mass is 16.5. The first-order valence-electron chi connectivity index (χ1n) is 8.00. The number of carbonyl (C=O) groups is 1. The molecule has 0 spiro atoms. The summed E-state index contributed by atoms with van der Waals surface area (Å²) in [4.78, 5) is 13.7. The van der Waals surface area contributed by atoms with E-state index < -0.39 is 6.10 Å². The van der Waals surface area contributed by atoms with Crippen molar-refractivity contribution in [2.75, 3.05) is 32.8 Å². The van der Waals surface area contributed by atoms with E-state index in [9.17, 15) is 9.90 Å². The minimum absolute atomic E-state index is 0.0671. The molecule has 1 unspecified atom stereocenters. The SMILES string of the molecule is CCCOCC(=O)NCC(O)CN1CCc2ccccc2C1. The Morgan fingerprint density at radius 1 is 1.41 bits per heavy atom. The van der Waals surface area contributed by atoms with E-state index in [0.29, 0.717) is 13.2 Å². The molecule has 0 radical (unpaired) electrons. The highest BCUT2D eigenvalue weighted by molar-refractivity contribution is 5.77. The lowest BCUT2D eigenvalue weighted by Gasteiger charge is -2.30. The first-order valence-corrected chi connectivity index (χ1v) is 8.00. The third-order valence-corrected chi connectivity index (χ3v) is 3.80. The Balaban J connectivity index is 1.67. The third-order valence-electron chi connectivity index (χ3n) is 3.80. The van der Waals surface area contributed by atoms with Gasteiger partial charge in [-0.2, -0.15) is 0 Å². The third kappa shape index (κ3) is 5.40. The Morgan fingerprint density at radius 3 is 2.95 bits per heavy atom. The summed E-state index contributed by atoms with van der Waals surface area (Å²) in [6.07, 6.45) is 1.35. The standard InChI is InChI=1S/C17H26N2O3/c1-2-9-22-13-17(21)18-10-16(20)12-19-8-7-14-5-3-4-6-15(14)11-19/h3-6,16,20H,2,7-13H2,1H3,(H,18,21). The van der Waals surface area contributed by atoms with Crippen LogP contribution >= 0.6 is 0 Å². The van der Waals surface area contributed by atoms with E-state index in [1.54, 1.807) is 0 Å². The summed E-state index contributed by atoms with van der Waals surface area (Å²) in [7, 11) is 0. The Bertz CT molecular complexity index is 479. The molecule has 0 saturated heterocycles. The van der Waals surface area contributed by atoms with Gasteiger partial charge >= 0.3 is 0 Å². The summed E-state index contributed by atoms with van der Waals surface area (Å²) in [5.41, 5.74) is 2.73. The maximum absolute atomic E-state index is 11.5. The maximum atomic E-state index is 11.5. The molecule has 1 atom stereocenters.